The number of rotatable bonds is 3. The van der Waals surface area contributed by atoms with E-state index in [4.69, 9.17) is 9.47 Å². The number of carbonyl (C=O) groups is 1. The summed E-state index contributed by atoms with van der Waals surface area (Å²) in [5, 5.41) is 2.71. The second-order valence-corrected chi connectivity index (χ2v) is 4.25. The third-order valence-corrected chi connectivity index (χ3v) is 3.20. The maximum absolute atomic E-state index is 11.1. The summed E-state index contributed by atoms with van der Waals surface area (Å²) in [6.07, 6.45) is 0.116. The molecule has 2 heterocycles. The van der Waals surface area contributed by atoms with E-state index >= 15 is 0 Å². The highest BCUT2D eigenvalue weighted by Gasteiger charge is 2.20. The summed E-state index contributed by atoms with van der Waals surface area (Å²) in [7, 11) is 1.37. The van der Waals surface area contributed by atoms with E-state index in [1.807, 2.05) is 5.38 Å². The molecule has 0 amide bonds. The van der Waals surface area contributed by atoms with Crippen LogP contribution in [0.15, 0.2) is 5.38 Å². The van der Waals surface area contributed by atoms with E-state index in [1.165, 1.54) is 18.4 Å². The number of carbonyl (C=O) groups excluding carboxylic acids is 1. The van der Waals surface area contributed by atoms with E-state index in [0.717, 1.165) is 10.7 Å². The fourth-order valence-electron chi connectivity index (χ4n) is 1.40. The average molecular weight is 243 g/mol. The first-order chi connectivity index (χ1) is 7.79. The zero-order valence-electron chi connectivity index (χ0n) is 8.97. The molecule has 0 bridgehead atoms. The molecule has 0 radical (unpaired) electrons. The first-order valence-electron chi connectivity index (χ1n) is 5.00. The minimum absolute atomic E-state index is 0.0925. The number of aromatic nitrogens is 1. The van der Waals surface area contributed by atoms with E-state index in [-0.39, 0.29) is 18.5 Å². The Morgan fingerprint density at radius 2 is 2.56 bits per heavy atom. The second kappa shape index (κ2) is 5.38. The molecule has 1 aromatic rings. The highest BCUT2D eigenvalue weighted by atomic mass is 32.1. The van der Waals surface area contributed by atoms with Crippen LogP contribution >= 0.6 is 11.3 Å². The Morgan fingerprint density at radius 3 is 3.25 bits per heavy atom. The third kappa shape index (κ3) is 2.78. The van der Waals surface area contributed by atoms with Crippen LogP contribution in [0.4, 0.5) is 0 Å². The van der Waals surface area contributed by atoms with Gasteiger partial charge in [-0.2, -0.15) is 0 Å². The molecule has 0 spiro atoms. The maximum atomic E-state index is 11.1. The predicted molar refractivity (Wildman–Crippen MR) is 57.3 cm³/mol. The maximum Gasteiger partial charge on any atom is 0.311 e. The van der Waals surface area contributed by atoms with E-state index < -0.39 is 0 Å². The van der Waals surface area contributed by atoms with Crippen molar-refractivity contribution in [3.63, 3.8) is 0 Å². The fourth-order valence-corrected chi connectivity index (χ4v) is 2.25. The molecular weight excluding hydrogens is 230 g/mol. The summed E-state index contributed by atoms with van der Waals surface area (Å²) in [6.45, 7) is 1.76. The molecule has 1 unspecified atom stereocenters. The lowest BCUT2D eigenvalue weighted by atomic mass is 10.3. The molecule has 16 heavy (non-hydrogen) atoms. The summed E-state index contributed by atoms with van der Waals surface area (Å²) < 4.78 is 15.4. The third-order valence-electron chi connectivity index (χ3n) is 2.21. The van der Waals surface area contributed by atoms with Crippen molar-refractivity contribution in [1.82, 2.24) is 4.98 Å². The molecule has 2 rings (SSSR count). The molecule has 1 aliphatic rings. The Morgan fingerprint density at radius 1 is 1.69 bits per heavy atom. The normalized spacial score (nSPS) is 20.7. The van der Waals surface area contributed by atoms with Gasteiger partial charge in [0.1, 0.15) is 11.1 Å². The Balaban J connectivity index is 1.98. The van der Waals surface area contributed by atoms with Gasteiger partial charge in [-0.1, -0.05) is 0 Å². The van der Waals surface area contributed by atoms with E-state index in [1.54, 1.807) is 0 Å². The van der Waals surface area contributed by atoms with E-state index in [2.05, 4.69) is 9.72 Å². The highest BCUT2D eigenvalue weighted by Crippen LogP contribution is 2.24. The van der Waals surface area contributed by atoms with Crippen molar-refractivity contribution in [2.75, 3.05) is 26.9 Å². The number of ether oxygens (including phenoxy) is 3. The lowest BCUT2D eigenvalue weighted by Gasteiger charge is -2.20. The Hall–Kier alpha value is -0.980. The SMILES string of the molecule is COC(=O)Cc1csc(C2COCCO2)n1. The molecular formula is C10H13NO4S. The molecule has 1 fully saturated rings. The number of hydrogen-bond acceptors (Lipinski definition) is 6. The van der Waals surface area contributed by atoms with Crippen molar-refractivity contribution in [3.05, 3.63) is 16.1 Å². The molecule has 0 aliphatic carbocycles. The molecule has 1 saturated heterocycles. The van der Waals surface area contributed by atoms with Crippen LogP contribution in [-0.4, -0.2) is 37.9 Å². The first-order valence-corrected chi connectivity index (χ1v) is 5.88. The van der Waals surface area contributed by atoms with Crippen molar-refractivity contribution < 1.29 is 19.0 Å². The summed E-state index contributed by atoms with van der Waals surface area (Å²) in [4.78, 5) is 15.4. The molecule has 1 aliphatic heterocycles. The number of hydrogen-bond donors (Lipinski definition) is 0. The van der Waals surface area contributed by atoms with Gasteiger partial charge in [0.2, 0.25) is 0 Å². The minimum atomic E-state index is -0.280. The van der Waals surface area contributed by atoms with Gasteiger partial charge in [0.25, 0.3) is 0 Å². The van der Waals surface area contributed by atoms with Gasteiger partial charge in [-0.25, -0.2) is 4.98 Å². The van der Waals surface area contributed by atoms with E-state index in [0.29, 0.717) is 19.8 Å². The van der Waals surface area contributed by atoms with Crippen LogP contribution in [0.1, 0.15) is 16.8 Å². The van der Waals surface area contributed by atoms with Gasteiger partial charge >= 0.3 is 5.97 Å². The van der Waals surface area contributed by atoms with Crippen molar-refractivity contribution in [2.45, 2.75) is 12.5 Å². The van der Waals surface area contributed by atoms with Crippen LogP contribution in [0.25, 0.3) is 0 Å². The van der Waals surface area contributed by atoms with Crippen molar-refractivity contribution in [1.29, 1.82) is 0 Å². The zero-order valence-corrected chi connectivity index (χ0v) is 9.79. The molecule has 0 saturated carbocycles. The molecule has 1 aromatic heterocycles. The summed E-state index contributed by atoms with van der Waals surface area (Å²) in [6, 6.07) is 0. The quantitative estimate of drug-likeness (QED) is 0.740. The van der Waals surface area contributed by atoms with Gasteiger partial charge in [-0.15, -0.1) is 11.3 Å². The smallest absolute Gasteiger partial charge is 0.311 e. The molecule has 0 aromatic carbocycles. The average Bonchev–Trinajstić information content (AvgIpc) is 2.78. The number of methoxy groups -OCH3 is 1. The Kier molecular flexibility index (Phi) is 3.87. The van der Waals surface area contributed by atoms with Gasteiger partial charge < -0.3 is 14.2 Å². The molecule has 1 atom stereocenters. The van der Waals surface area contributed by atoms with Gasteiger partial charge in [-0.05, 0) is 0 Å². The summed E-state index contributed by atoms with van der Waals surface area (Å²) in [5.41, 5.74) is 0.723. The molecule has 0 N–H and O–H groups in total. The topological polar surface area (TPSA) is 57.7 Å². The predicted octanol–water partition coefficient (Wildman–Crippen LogP) is 0.947. The van der Waals surface area contributed by atoms with E-state index in [9.17, 15) is 4.79 Å². The summed E-state index contributed by atoms with van der Waals surface area (Å²) >= 11 is 1.48. The van der Waals surface area contributed by atoms with Gasteiger partial charge in [0.05, 0.1) is 39.0 Å². The van der Waals surface area contributed by atoms with Crippen LogP contribution < -0.4 is 0 Å². The largest absolute Gasteiger partial charge is 0.469 e. The first kappa shape index (κ1) is 11.5. The van der Waals surface area contributed by atoms with Crippen LogP contribution in [0, 0.1) is 0 Å². The zero-order chi connectivity index (χ0) is 11.4. The molecule has 6 heteroatoms. The molecule has 5 nitrogen and oxygen atoms in total. The van der Waals surface area contributed by atoms with Crippen LogP contribution in [0.3, 0.4) is 0 Å². The van der Waals surface area contributed by atoms with Crippen LogP contribution in [-0.2, 0) is 25.4 Å². The lowest BCUT2D eigenvalue weighted by Crippen LogP contribution is -2.21. The monoisotopic (exact) mass is 243 g/mol. The van der Waals surface area contributed by atoms with Crippen molar-refractivity contribution in [2.24, 2.45) is 0 Å². The number of esters is 1. The highest BCUT2D eigenvalue weighted by molar-refractivity contribution is 7.09. The standard InChI is InChI=1S/C10H13NO4S/c1-13-9(12)4-7-6-16-10(11-7)8-5-14-2-3-15-8/h6,8H,2-5H2,1H3. The molecule has 88 valence electrons. The van der Waals surface area contributed by atoms with Crippen LogP contribution in [0.2, 0.25) is 0 Å². The van der Waals surface area contributed by atoms with Crippen molar-refractivity contribution in [3.8, 4) is 0 Å². The Labute approximate surface area is 97.3 Å². The van der Waals surface area contributed by atoms with Crippen LogP contribution in [0.5, 0.6) is 0 Å². The Bertz CT molecular complexity index is 359. The van der Waals surface area contributed by atoms with Gasteiger partial charge in [0, 0.05) is 5.38 Å². The minimum Gasteiger partial charge on any atom is -0.469 e. The fraction of sp³-hybridized carbons (Fsp3) is 0.600. The van der Waals surface area contributed by atoms with Gasteiger partial charge in [-0.3, -0.25) is 4.79 Å². The second-order valence-electron chi connectivity index (χ2n) is 3.36. The van der Waals surface area contributed by atoms with Crippen molar-refractivity contribution >= 4 is 17.3 Å². The van der Waals surface area contributed by atoms with Gasteiger partial charge in [0.15, 0.2) is 0 Å². The number of nitrogens with zero attached hydrogens (tertiary/aromatic N) is 1. The lowest BCUT2D eigenvalue weighted by molar-refractivity contribution is -0.139. The number of thiazole rings is 1. The summed E-state index contributed by atoms with van der Waals surface area (Å²) in [5.74, 6) is -0.280.